The van der Waals surface area contributed by atoms with Gasteiger partial charge in [-0.15, -0.1) is 11.8 Å². The topological polar surface area (TPSA) is 46.5 Å². The van der Waals surface area contributed by atoms with E-state index in [-0.39, 0.29) is 5.92 Å². The van der Waals surface area contributed by atoms with E-state index in [0.29, 0.717) is 6.42 Å². The minimum atomic E-state index is -0.740. The van der Waals surface area contributed by atoms with Gasteiger partial charge in [-0.25, -0.2) is 0 Å². The first-order valence-corrected chi connectivity index (χ1v) is 6.97. The summed E-state index contributed by atoms with van der Waals surface area (Å²) >= 11 is 1.78. The number of hydrogen-bond donors (Lipinski definition) is 1. The number of carbonyl (C=O) groups is 1. The molecular weight excluding hydrogens is 248 g/mol. The summed E-state index contributed by atoms with van der Waals surface area (Å²) in [7, 11) is 1.66. The van der Waals surface area contributed by atoms with Crippen LogP contribution in [0.3, 0.4) is 0 Å². The number of thioether (sulfide) groups is 1. The maximum absolute atomic E-state index is 11.2. The van der Waals surface area contributed by atoms with E-state index in [9.17, 15) is 9.90 Å². The molecule has 1 aliphatic rings. The third-order valence-corrected chi connectivity index (χ3v) is 4.67. The van der Waals surface area contributed by atoms with Crippen LogP contribution in [0.15, 0.2) is 23.1 Å². The van der Waals surface area contributed by atoms with E-state index in [1.165, 1.54) is 10.5 Å². The molecule has 4 heteroatoms. The number of hydrogen-bond acceptors (Lipinski definition) is 3. The summed E-state index contributed by atoms with van der Waals surface area (Å²) in [6.07, 6.45) is 0.642. The van der Waals surface area contributed by atoms with E-state index >= 15 is 0 Å². The number of methoxy groups -OCH3 is 1. The van der Waals surface area contributed by atoms with Crippen LogP contribution in [0.1, 0.15) is 31.7 Å². The summed E-state index contributed by atoms with van der Waals surface area (Å²) in [4.78, 5) is 12.5. The van der Waals surface area contributed by atoms with Gasteiger partial charge in [0, 0.05) is 16.2 Å². The number of carboxylic acids is 1. The van der Waals surface area contributed by atoms with Gasteiger partial charge in [0.1, 0.15) is 5.75 Å². The number of benzene rings is 1. The van der Waals surface area contributed by atoms with Gasteiger partial charge in [-0.1, -0.05) is 6.07 Å². The first-order valence-electron chi connectivity index (χ1n) is 5.99. The van der Waals surface area contributed by atoms with E-state index in [4.69, 9.17) is 4.74 Å². The highest BCUT2D eigenvalue weighted by atomic mass is 32.2. The van der Waals surface area contributed by atoms with E-state index < -0.39 is 11.4 Å². The van der Waals surface area contributed by atoms with Crippen molar-refractivity contribution in [2.24, 2.45) is 5.41 Å². The van der Waals surface area contributed by atoms with Gasteiger partial charge in [0.25, 0.3) is 0 Å². The minimum absolute atomic E-state index is 0.257. The molecule has 1 N–H and O–H groups in total. The maximum Gasteiger partial charge on any atom is 0.309 e. The minimum Gasteiger partial charge on any atom is -0.496 e. The molecule has 0 spiro atoms. The van der Waals surface area contributed by atoms with Crippen molar-refractivity contribution in [1.82, 2.24) is 0 Å². The van der Waals surface area contributed by atoms with Gasteiger partial charge in [0.2, 0.25) is 0 Å². The maximum atomic E-state index is 11.2. The molecule has 0 fully saturated rings. The van der Waals surface area contributed by atoms with Gasteiger partial charge in [-0.2, -0.15) is 0 Å². The molecule has 0 amide bonds. The molecule has 0 aromatic heterocycles. The van der Waals surface area contributed by atoms with E-state index in [1.807, 2.05) is 12.1 Å². The van der Waals surface area contributed by atoms with Crippen molar-refractivity contribution < 1.29 is 14.6 Å². The third-order valence-electron chi connectivity index (χ3n) is 3.43. The highest BCUT2D eigenvalue weighted by Gasteiger charge is 2.35. The molecule has 0 aliphatic carbocycles. The van der Waals surface area contributed by atoms with E-state index in [0.717, 1.165) is 11.5 Å². The van der Waals surface area contributed by atoms with Crippen LogP contribution in [-0.2, 0) is 4.79 Å². The zero-order chi connectivity index (χ0) is 13.3. The molecule has 1 atom stereocenters. The molecule has 0 saturated carbocycles. The van der Waals surface area contributed by atoms with E-state index in [1.54, 1.807) is 32.7 Å². The van der Waals surface area contributed by atoms with Crippen molar-refractivity contribution in [2.45, 2.75) is 31.1 Å². The fraction of sp³-hybridized carbons (Fsp3) is 0.500. The second-order valence-electron chi connectivity index (χ2n) is 5.27. The molecular formula is C14H18O3S. The van der Waals surface area contributed by atoms with Gasteiger partial charge >= 0.3 is 5.97 Å². The zero-order valence-corrected chi connectivity index (χ0v) is 11.7. The summed E-state index contributed by atoms with van der Waals surface area (Å²) in [5.41, 5.74) is 0.479. The second-order valence-corrected chi connectivity index (χ2v) is 6.34. The molecule has 1 aliphatic heterocycles. The van der Waals surface area contributed by atoms with Crippen molar-refractivity contribution in [2.75, 3.05) is 12.9 Å². The summed E-state index contributed by atoms with van der Waals surface area (Å²) in [5, 5.41) is 9.24. The molecule has 0 radical (unpaired) electrons. The lowest BCUT2D eigenvalue weighted by Crippen LogP contribution is -2.26. The highest BCUT2D eigenvalue weighted by Crippen LogP contribution is 2.48. The molecule has 2 rings (SSSR count). The number of aliphatic carboxylic acids is 1. The summed E-state index contributed by atoms with van der Waals surface area (Å²) in [6.45, 7) is 3.57. The predicted molar refractivity (Wildman–Crippen MR) is 72.5 cm³/mol. The Bertz CT molecular complexity index is 468. The lowest BCUT2D eigenvalue weighted by Gasteiger charge is -2.24. The van der Waals surface area contributed by atoms with Crippen LogP contribution < -0.4 is 4.74 Å². The molecule has 0 bridgehead atoms. The van der Waals surface area contributed by atoms with Crippen LogP contribution in [0, 0.1) is 5.41 Å². The Morgan fingerprint density at radius 1 is 1.56 bits per heavy atom. The Morgan fingerprint density at radius 2 is 2.28 bits per heavy atom. The Kier molecular flexibility index (Phi) is 3.57. The SMILES string of the molecule is COc1cccc2c1C(CC(C)(C)C(=O)O)CS2. The van der Waals surface area contributed by atoms with Crippen molar-refractivity contribution in [3.63, 3.8) is 0 Å². The van der Waals surface area contributed by atoms with Crippen LogP contribution in [-0.4, -0.2) is 23.9 Å². The predicted octanol–water partition coefficient (Wildman–Crippen LogP) is 3.39. The van der Waals surface area contributed by atoms with E-state index in [2.05, 4.69) is 6.07 Å². The van der Waals surface area contributed by atoms with Gasteiger partial charge in [-0.05, 0) is 38.3 Å². The van der Waals surface area contributed by atoms with Crippen molar-refractivity contribution in [3.05, 3.63) is 23.8 Å². The molecule has 0 saturated heterocycles. The Balaban J connectivity index is 2.29. The lowest BCUT2D eigenvalue weighted by atomic mass is 9.80. The zero-order valence-electron chi connectivity index (χ0n) is 10.9. The third kappa shape index (κ3) is 2.34. The first kappa shape index (κ1) is 13.3. The van der Waals surface area contributed by atoms with Crippen LogP contribution in [0.25, 0.3) is 0 Å². The van der Waals surface area contributed by atoms with Gasteiger partial charge < -0.3 is 9.84 Å². The normalized spacial score (nSPS) is 18.5. The Labute approximate surface area is 112 Å². The fourth-order valence-electron chi connectivity index (χ4n) is 2.37. The summed E-state index contributed by atoms with van der Waals surface area (Å²) < 4.78 is 5.40. The first-order chi connectivity index (χ1) is 8.45. The molecule has 3 nitrogen and oxygen atoms in total. The monoisotopic (exact) mass is 266 g/mol. The van der Waals surface area contributed by atoms with Crippen molar-refractivity contribution in [3.8, 4) is 5.75 Å². The molecule has 98 valence electrons. The van der Waals surface area contributed by atoms with Crippen LogP contribution in [0.2, 0.25) is 0 Å². The van der Waals surface area contributed by atoms with Crippen LogP contribution in [0.5, 0.6) is 5.75 Å². The van der Waals surface area contributed by atoms with Gasteiger partial charge in [0.15, 0.2) is 0 Å². The average molecular weight is 266 g/mol. The van der Waals surface area contributed by atoms with Crippen molar-refractivity contribution in [1.29, 1.82) is 0 Å². The molecule has 1 aromatic carbocycles. The molecule has 1 aromatic rings. The average Bonchev–Trinajstić information content (AvgIpc) is 2.71. The van der Waals surface area contributed by atoms with Crippen LogP contribution >= 0.6 is 11.8 Å². The molecule has 1 unspecified atom stereocenters. The number of rotatable bonds is 4. The Morgan fingerprint density at radius 3 is 2.89 bits per heavy atom. The molecule has 18 heavy (non-hydrogen) atoms. The van der Waals surface area contributed by atoms with Gasteiger partial charge in [-0.3, -0.25) is 4.79 Å². The highest BCUT2D eigenvalue weighted by molar-refractivity contribution is 7.99. The van der Waals surface area contributed by atoms with Gasteiger partial charge in [0.05, 0.1) is 12.5 Å². The fourth-order valence-corrected chi connectivity index (χ4v) is 3.63. The summed E-state index contributed by atoms with van der Waals surface area (Å²) in [5.74, 6) is 1.33. The quantitative estimate of drug-likeness (QED) is 0.907. The smallest absolute Gasteiger partial charge is 0.309 e. The van der Waals surface area contributed by atoms with Crippen LogP contribution in [0.4, 0.5) is 0 Å². The lowest BCUT2D eigenvalue weighted by molar-refractivity contribution is -0.147. The van der Waals surface area contributed by atoms with Crippen molar-refractivity contribution >= 4 is 17.7 Å². The Hall–Kier alpha value is -1.16. The number of carboxylic acid groups (broad SMARTS) is 1. The largest absolute Gasteiger partial charge is 0.496 e. The number of fused-ring (bicyclic) bond motifs is 1. The standard InChI is InChI=1S/C14H18O3S/c1-14(2,13(15)16)7-9-8-18-11-6-4-5-10(17-3)12(9)11/h4-6,9H,7-8H2,1-3H3,(H,15,16). The number of ether oxygens (including phenoxy) is 1. The second kappa shape index (κ2) is 4.84. The molecule has 1 heterocycles. The summed E-state index contributed by atoms with van der Waals surface area (Å²) in [6, 6.07) is 6.01.